The van der Waals surface area contributed by atoms with E-state index in [0.29, 0.717) is 0 Å². The minimum Gasteiger partial charge on any atom is -0.497 e. The smallest absolute Gasteiger partial charge is 0.115 e. The number of allylic oxidation sites excluding steroid dienone is 5. The highest BCUT2D eigenvalue weighted by Gasteiger charge is 2.36. The first-order valence-corrected chi connectivity index (χ1v) is 10.0. The van der Waals surface area contributed by atoms with Crippen LogP contribution in [0.4, 0.5) is 0 Å². The van der Waals surface area contributed by atoms with Crippen LogP contribution in [0.25, 0.3) is 0 Å². The Kier molecular flexibility index (Phi) is 6.88. The molecule has 0 radical (unpaired) electrons. The summed E-state index contributed by atoms with van der Waals surface area (Å²) in [6, 6.07) is 9.09. The van der Waals surface area contributed by atoms with Gasteiger partial charge in [-0.25, -0.2) is 0 Å². The molecule has 1 aromatic carbocycles. The molecule has 1 heterocycles. The Morgan fingerprint density at radius 2 is 1.96 bits per heavy atom. The van der Waals surface area contributed by atoms with Gasteiger partial charge in [-0.15, -0.1) is 0 Å². The molecule has 148 valence electrons. The van der Waals surface area contributed by atoms with Crippen molar-refractivity contribution in [1.82, 2.24) is 10.7 Å². The predicted octanol–water partition coefficient (Wildman–Crippen LogP) is 4.38. The second-order valence-corrected chi connectivity index (χ2v) is 7.43. The van der Waals surface area contributed by atoms with Crippen molar-refractivity contribution in [3.05, 3.63) is 83.8 Å². The van der Waals surface area contributed by atoms with Crippen molar-refractivity contribution >= 4 is 5.71 Å². The van der Waals surface area contributed by atoms with Crippen molar-refractivity contribution in [2.24, 2.45) is 5.10 Å². The van der Waals surface area contributed by atoms with Gasteiger partial charge in [-0.1, -0.05) is 43.0 Å². The van der Waals surface area contributed by atoms with E-state index < -0.39 is 0 Å². The van der Waals surface area contributed by atoms with E-state index in [1.165, 1.54) is 16.7 Å². The highest BCUT2D eigenvalue weighted by Crippen LogP contribution is 2.42. The monoisotopic (exact) mass is 377 g/mol. The summed E-state index contributed by atoms with van der Waals surface area (Å²) < 4.78 is 5.43. The molecule has 1 aliphatic heterocycles. The van der Waals surface area contributed by atoms with Crippen LogP contribution in [0.15, 0.2) is 77.8 Å². The average Bonchev–Trinajstić information content (AvgIpc) is 2.99. The first-order chi connectivity index (χ1) is 13.7. The van der Waals surface area contributed by atoms with Crippen LogP contribution in [0, 0.1) is 0 Å². The zero-order valence-corrected chi connectivity index (χ0v) is 17.0. The summed E-state index contributed by atoms with van der Waals surface area (Å²) in [4.78, 5) is 0. The first-order valence-electron chi connectivity index (χ1n) is 10.0. The fraction of sp³-hybridized carbons (Fsp3) is 0.375. The van der Waals surface area contributed by atoms with Gasteiger partial charge in [0.15, 0.2) is 0 Å². The molecule has 4 nitrogen and oxygen atoms in total. The number of benzene rings is 1. The molecule has 0 unspecified atom stereocenters. The fourth-order valence-electron chi connectivity index (χ4n) is 4.15. The molecule has 0 aromatic heterocycles. The summed E-state index contributed by atoms with van der Waals surface area (Å²) in [6.45, 7) is 7.73. The summed E-state index contributed by atoms with van der Waals surface area (Å²) in [5.41, 5.74) is 7.98. The molecule has 3 rings (SSSR count). The molecule has 0 amide bonds. The summed E-state index contributed by atoms with van der Waals surface area (Å²) in [7, 11) is 1.73. The molecule has 1 aliphatic carbocycles. The lowest BCUT2D eigenvalue weighted by molar-refractivity contribution is 0.305. The normalized spacial score (nSPS) is 19.3. The van der Waals surface area contributed by atoms with Gasteiger partial charge in [0.05, 0.1) is 7.11 Å². The van der Waals surface area contributed by atoms with Gasteiger partial charge in [0.2, 0.25) is 0 Å². The van der Waals surface area contributed by atoms with Crippen molar-refractivity contribution in [3.63, 3.8) is 0 Å². The standard InChI is InChI=1S/C24H31N3O/c1-4-26-27-19(2)18-20-8-10-22(11-9-20)24(14-16-25-17-15-24)21-6-5-7-23(28-3)13-12-21/h4,6-13,25-26H,1,5,14-18H2,2-3H3/b27-19-. The lowest BCUT2D eigenvalue weighted by Gasteiger charge is -2.40. The molecule has 0 bridgehead atoms. The topological polar surface area (TPSA) is 45.7 Å². The van der Waals surface area contributed by atoms with E-state index in [9.17, 15) is 0 Å². The molecular formula is C24H31N3O. The van der Waals surface area contributed by atoms with Crippen LogP contribution in [0.1, 0.15) is 37.3 Å². The van der Waals surface area contributed by atoms with Crippen LogP contribution >= 0.6 is 0 Å². The van der Waals surface area contributed by atoms with Crippen molar-refractivity contribution in [2.75, 3.05) is 20.2 Å². The molecule has 0 spiro atoms. The number of nitrogens with zero attached hydrogens (tertiary/aromatic N) is 1. The highest BCUT2D eigenvalue weighted by atomic mass is 16.5. The predicted molar refractivity (Wildman–Crippen MR) is 117 cm³/mol. The maximum atomic E-state index is 5.43. The summed E-state index contributed by atoms with van der Waals surface area (Å²) in [5.74, 6) is 0.938. The SMILES string of the molecule is C=CN/N=C(/C)Cc1ccc(C2(C3=CCC=C(OC)C=C3)CCNCC2)cc1. The van der Waals surface area contributed by atoms with Gasteiger partial charge >= 0.3 is 0 Å². The molecule has 4 heteroatoms. The summed E-state index contributed by atoms with van der Waals surface area (Å²) in [6.07, 6.45) is 14.4. The van der Waals surface area contributed by atoms with E-state index in [2.05, 4.69) is 71.0 Å². The Balaban J connectivity index is 1.86. The van der Waals surface area contributed by atoms with E-state index in [-0.39, 0.29) is 5.41 Å². The van der Waals surface area contributed by atoms with Crippen molar-refractivity contribution in [2.45, 2.75) is 38.0 Å². The molecule has 1 fully saturated rings. The van der Waals surface area contributed by atoms with Gasteiger partial charge in [0, 0.05) is 23.7 Å². The van der Waals surface area contributed by atoms with Crippen molar-refractivity contribution in [1.29, 1.82) is 0 Å². The molecule has 2 N–H and O–H groups in total. The largest absolute Gasteiger partial charge is 0.497 e. The minimum absolute atomic E-state index is 0.0604. The van der Waals surface area contributed by atoms with Gasteiger partial charge < -0.3 is 10.1 Å². The Morgan fingerprint density at radius 1 is 1.21 bits per heavy atom. The van der Waals surface area contributed by atoms with Crippen LogP contribution in [0.3, 0.4) is 0 Å². The van der Waals surface area contributed by atoms with Gasteiger partial charge in [0.25, 0.3) is 0 Å². The number of rotatable bonds is 7. The number of methoxy groups -OCH3 is 1. The van der Waals surface area contributed by atoms with Gasteiger partial charge in [-0.3, -0.25) is 5.43 Å². The molecule has 0 saturated carbocycles. The molecule has 0 atom stereocenters. The second kappa shape index (κ2) is 9.56. The van der Waals surface area contributed by atoms with Crippen LogP contribution in [0.2, 0.25) is 0 Å². The van der Waals surface area contributed by atoms with Crippen molar-refractivity contribution < 1.29 is 4.74 Å². The molecule has 2 aliphatic rings. The average molecular weight is 378 g/mol. The molecule has 1 aromatic rings. The van der Waals surface area contributed by atoms with Gasteiger partial charge in [0.1, 0.15) is 5.76 Å². The van der Waals surface area contributed by atoms with Crippen molar-refractivity contribution in [3.8, 4) is 0 Å². The Labute approximate surface area is 168 Å². The second-order valence-electron chi connectivity index (χ2n) is 7.43. The maximum absolute atomic E-state index is 5.43. The molecular weight excluding hydrogens is 346 g/mol. The third kappa shape index (κ3) is 4.63. The zero-order chi connectivity index (χ0) is 19.8. The third-order valence-corrected chi connectivity index (χ3v) is 5.64. The Hall–Kier alpha value is -2.59. The van der Waals surface area contributed by atoms with Gasteiger partial charge in [-0.2, -0.15) is 5.10 Å². The first kappa shape index (κ1) is 20.2. The van der Waals surface area contributed by atoms with E-state index in [1.54, 1.807) is 13.3 Å². The van der Waals surface area contributed by atoms with Crippen LogP contribution < -0.4 is 10.7 Å². The van der Waals surface area contributed by atoms with Crippen LogP contribution in [-0.2, 0) is 16.6 Å². The Bertz CT molecular complexity index is 794. The zero-order valence-electron chi connectivity index (χ0n) is 17.0. The van der Waals surface area contributed by atoms with E-state index in [1.807, 2.05) is 6.92 Å². The van der Waals surface area contributed by atoms with E-state index in [4.69, 9.17) is 4.74 Å². The van der Waals surface area contributed by atoms with E-state index in [0.717, 1.165) is 50.2 Å². The number of nitrogens with one attached hydrogen (secondary N) is 2. The van der Waals surface area contributed by atoms with E-state index >= 15 is 0 Å². The Morgan fingerprint density at radius 3 is 2.64 bits per heavy atom. The highest BCUT2D eigenvalue weighted by molar-refractivity contribution is 5.84. The lowest BCUT2D eigenvalue weighted by Crippen LogP contribution is -2.41. The maximum Gasteiger partial charge on any atom is 0.115 e. The number of piperidine rings is 1. The van der Waals surface area contributed by atoms with Crippen LogP contribution in [-0.4, -0.2) is 25.9 Å². The fourth-order valence-corrected chi connectivity index (χ4v) is 4.15. The third-order valence-electron chi connectivity index (χ3n) is 5.64. The number of hydrazone groups is 1. The lowest BCUT2D eigenvalue weighted by atomic mass is 9.67. The molecule has 28 heavy (non-hydrogen) atoms. The summed E-state index contributed by atoms with van der Waals surface area (Å²) >= 11 is 0. The van der Waals surface area contributed by atoms with Gasteiger partial charge in [-0.05, 0) is 68.1 Å². The number of ether oxygens (including phenoxy) is 1. The number of hydrogen-bond acceptors (Lipinski definition) is 4. The minimum atomic E-state index is 0.0604. The number of hydrogen-bond donors (Lipinski definition) is 2. The van der Waals surface area contributed by atoms with Crippen LogP contribution in [0.5, 0.6) is 0 Å². The molecule has 1 saturated heterocycles. The quantitative estimate of drug-likeness (QED) is 0.548. The summed E-state index contributed by atoms with van der Waals surface area (Å²) in [5, 5.41) is 7.79.